The number of carboxylic acid groups (broad SMARTS) is 1. The van der Waals surface area contributed by atoms with Crippen molar-refractivity contribution in [3.63, 3.8) is 0 Å². The second kappa shape index (κ2) is 6.96. The highest BCUT2D eigenvalue weighted by Crippen LogP contribution is 2.17. The zero-order valence-corrected chi connectivity index (χ0v) is 10.8. The molecular weight excluding hydrogens is 256 g/mol. The maximum Gasteiger partial charge on any atom is 0.303 e. The van der Waals surface area contributed by atoms with E-state index in [1.54, 1.807) is 6.07 Å². The predicted molar refractivity (Wildman–Crippen MR) is 68.7 cm³/mol. The maximum absolute atomic E-state index is 11.6. The summed E-state index contributed by atoms with van der Waals surface area (Å²) in [7, 11) is 0. The van der Waals surface area contributed by atoms with Crippen LogP contribution < -0.4 is 5.32 Å². The highest BCUT2D eigenvalue weighted by molar-refractivity contribution is 6.29. The van der Waals surface area contributed by atoms with Crippen molar-refractivity contribution in [2.75, 3.05) is 5.32 Å². The number of hydrogen-bond donors (Lipinski definition) is 2. The zero-order valence-electron chi connectivity index (χ0n) is 10.1. The number of hydrogen-bond acceptors (Lipinski definition) is 3. The fraction of sp³-hybridized carbons (Fsp3) is 0.417. The number of rotatable bonds is 6. The average molecular weight is 271 g/mol. The number of carbonyl (C=O) groups excluding carboxylic acids is 1. The zero-order chi connectivity index (χ0) is 13.5. The van der Waals surface area contributed by atoms with E-state index in [0.717, 1.165) is 5.56 Å². The summed E-state index contributed by atoms with van der Waals surface area (Å²) >= 11 is 5.71. The molecule has 0 fully saturated rings. The van der Waals surface area contributed by atoms with Crippen LogP contribution in [0.3, 0.4) is 0 Å². The number of pyridine rings is 1. The second-order valence-electron chi connectivity index (χ2n) is 3.97. The van der Waals surface area contributed by atoms with E-state index in [-0.39, 0.29) is 12.3 Å². The smallest absolute Gasteiger partial charge is 0.303 e. The molecule has 0 aliphatic heterocycles. The third kappa shape index (κ3) is 5.14. The minimum absolute atomic E-state index is 0.0921. The number of anilines is 1. The number of carbonyl (C=O) groups is 2. The molecule has 1 heterocycles. The molecule has 5 nitrogen and oxygen atoms in total. The van der Waals surface area contributed by atoms with Gasteiger partial charge in [0.25, 0.3) is 0 Å². The Morgan fingerprint density at radius 1 is 1.39 bits per heavy atom. The number of halogens is 1. The molecule has 0 radical (unpaired) electrons. The van der Waals surface area contributed by atoms with Crippen molar-refractivity contribution in [1.29, 1.82) is 0 Å². The molecule has 98 valence electrons. The van der Waals surface area contributed by atoms with E-state index in [1.807, 2.05) is 6.92 Å². The van der Waals surface area contributed by atoms with Crippen LogP contribution in [-0.2, 0) is 9.59 Å². The average Bonchev–Trinajstić information content (AvgIpc) is 2.28. The standard InChI is InChI=1S/C12H15ClN2O3/c1-8-6-10(13)14-7-9(8)15-11(16)4-2-3-5-12(17)18/h6-7H,2-5H2,1H3,(H,15,16)(H,17,18). The van der Waals surface area contributed by atoms with E-state index in [0.29, 0.717) is 30.1 Å². The van der Waals surface area contributed by atoms with Gasteiger partial charge in [0.1, 0.15) is 5.15 Å². The van der Waals surface area contributed by atoms with Gasteiger partial charge in [-0.25, -0.2) is 4.98 Å². The molecule has 1 aromatic heterocycles. The van der Waals surface area contributed by atoms with E-state index in [9.17, 15) is 9.59 Å². The van der Waals surface area contributed by atoms with Gasteiger partial charge in [0.05, 0.1) is 11.9 Å². The van der Waals surface area contributed by atoms with E-state index in [4.69, 9.17) is 16.7 Å². The fourth-order valence-corrected chi connectivity index (χ4v) is 1.64. The van der Waals surface area contributed by atoms with E-state index >= 15 is 0 Å². The van der Waals surface area contributed by atoms with Crippen LogP contribution in [0.1, 0.15) is 31.2 Å². The summed E-state index contributed by atoms with van der Waals surface area (Å²) in [6.07, 6.45) is 2.95. The molecule has 0 aliphatic rings. The topological polar surface area (TPSA) is 79.3 Å². The highest BCUT2D eigenvalue weighted by atomic mass is 35.5. The molecule has 0 saturated heterocycles. The second-order valence-corrected chi connectivity index (χ2v) is 4.36. The van der Waals surface area contributed by atoms with Crippen LogP contribution in [0.4, 0.5) is 5.69 Å². The van der Waals surface area contributed by atoms with Crippen molar-refractivity contribution in [1.82, 2.24) is 4.98 Å². The fourth-order valence-electron chi connectivity index (χ4n) is 1.43. The lowest BCUT2D eigenvalue weighted by molar-refractivity contribution is -0.137. The molecule has 1 aromatic rings. The van der Waals surface area contributed by atoms with Crippen molar-refractivity contribution in [2.45, 2.75) is 32.6 Å². The molecule has 0 unspecified atom stereocenters. The predicted octanol–water partition coefficient (Wildman–Crippen LogP) is 2.63. The summed E-state index contributed by atoms with van der Waals surface area (Å²) in [6, 6.07) is 1.67. The van der Waals surface area contributed by atoms with E-state index in [2.05, 4.69) is 10.3 Å². The number of amides is 1. The van der Waals surface area contributed by atoms with Gasteiger partial charge in [-0.3, -0.25) is 9.59 Å². The van der Waals surface area contributed by atoms with Crippen LogP contribution >= 0.6 is 11.6 Å². The number of carboxylic acids is 1. The third-order valence-electron chi connectivity index (χ3n) is 2.40. The molecule has 0 aliphatic carbocycles. The lowest BCUT2D eigenvalue weighted by atomic mass is 10.2. The normalized spacial score (nSPS) is 10.1. The highest BCUT2D eigenvalue weighted by Gasteiger charge is 2.06. The molecular formula is C12H15ClN2O3. The Morgan fingerprint density at radius 2 is 2.06 bits per heavy atom. The van der Waals surface area contributed by atoms with E-state index < -0.39 is 5.97 Å². The van der Waals surface area contributed by atoms with Crippen LogP contribution in [0.15, 0.2) is 12.3 Å². The minimum atomic E-state index is -0.840. The monoisotopic (exact) mass is 270 g/mol. The van der Waals surface area contributed by atoms with Gasteiger partial charge in [-0.05, 0) is 31.4 Å². The first kappa shape index (κ1) is 14.4. The Morgan fingerprint density at radius 3 is 2.67 bits per heavy atom. The first-order valence-corrected chi connectivity index (χ1v) is 6.00. The Bertz CT molecular complexity index is 449. The lowest BCUT2D eigenvalue weighted by Gasteiger charge is -2.07. The Kier molecular flexibility index (Phi) is 5.58. The Hall–Kier alpha value is -1.62. The summed E-state index contributed by atoms with van der Waals surface area (Å²) in [6.45, 7) is 1.83. The first-order valence-electron chi connectivity index (χ1n) is 5.63. The summed E-state index contributed by atoms with van der Waals surface area (Å²) in [5.74, 6) is -0.985. The minimum Gasteiger partial charge on any atom is -0.481 e. The van der Waals surface area contributed by atoms with Crippen LogP contribution in [-0.4, -0.2) is 22.0 Å². The number of nitrogens with one attached hydrogen (secondary N) is 1. The molecule has 0 atom stereocenters. The molecule has 18 heavy (non-hydrogen) atoms. The Labute approximate surface area is 110 Å². The molecule has 0 spiro atoms. The number of aromatic nitrogens is 1. The van der Waals surface area contributed by atoms with Crippen LogP contribution in [0.5, 0.6) is 0 Å². The lowest BCUT2D eigenvalue weighted by Crippen LogP contribution is -2.12. The molecule has 1 rings (SSSR count). The first-order chi connectivity index (χ1) is 8.49. The van der Waals surface area contributed by atoms with Crippen molar-refractivity contribution < 1.29 is 14.7 Å². The van der Waals surface area contributed by atoms with Crippen molar-refractivity contribution in [3.05, 3.63) is 23.0 Å². The summed E-state index contributed by atoms with van der Waals surface area (Å²) < 4.78 is 0. The number of aryl methyl sites for hydroxylation is 1. The van der Waals surface area contributed by atoms with Crippen molar-refractivity contribution >= 4 is 29.2 Å². The molecule has 0 aromatic carbocycles. The summed E-state index contributed by atoms with van der Waals surface area (Å²) in [4.78, 5) is 25.8. The summed E-state index contributed by atoms with van der Waals surface area (Å²) in [5, 5.41) is 11.6. The van der Waals surface area contributed by atoms with Crippen molar-refractivity contribution in [2.24, 2.45) is 0 Å². The molecule has 0 bridgehead atoms. The third-order valence-corrected chi connectivity index (χ3v) is 2.60. The molecule has 6 heteroatoms. The van der Waals surface area contributed by atoms with Crippen LogP contribution in [0, 0.1) is 6.92 Å². The largest absolute Gasteiger partial charge is 0.481 e. The van der Waals surface area contributed by atoms with Crippen LogP contribution in [0.2, 0.25) is 5.15 Å². The quantitative estimate of drug-likeness (QED) is 0.615. The van der Waals surface area contributed by atoms with Gasteiger partial charge in [0, 0.05) is 12.8 Å². The Balaban J connectivity index is 2.38. The maximum atomic E-state index is 11.6. The van der Waals surface area contributed by atoms with Gasteiger partial charge in [0.15, 0.2) is 0 Å². The SMILES string of the molecule is Cc1cc(Cl)ncc1NC(=O)CCCCC(=O)O. The van der Waals surface area contributed by atoms with Crippen molar-refractivity contribution in [3.8, 4) is 0 Å². The van der Waals surface area contributed by atoms with E-state index in [1.165, 1.54) is 6.20 Å². The van der Waals surface area contributed by atoms with Gasteiger partial charge < -0.3 is 10.4 Å². The van der Waals surface area contributed by atoms with Gasteiger partial charge in [0.2, 0.25) is 5.91 Å². The summed E-state index contributed by atoms with van der Waals surface area (Å²) in [5.41, 5.74) is 1.47. The molecule has 2 N–H and O–H groups in total. The van der Waals surface area contributed by atoms with Gasteiger partial charge >= 0.3 is 5.97 Å². The molecule has 1 amide bonds. The van der Waals surface area contributed by atoms with Gasteiger partial charge in [-0.1, -0.05) is 11.6 Å². The van der Waals surface area contributed by atoms with Gasteiger partial charge in [-0.2, -0.15) is 0 Å². The molecule has 0 saturated carbocycles. The van der Waals surface area contributed by atoms with Gasteiger partial charge in [-0.15, -0.1) is 0 Å². The van der Waals surface area contributed by atoms with Crippen LogP contribution in [0.25, 0.3) is 0 Å². The number of aliphatic carboxylic acids is 1. The number of unbranched alkanes of at least 4 members (excludes halogenated alkanes) is 1. The number of nitrogens with zero attached hydrogens (tertiary/aromatic N) is 1.